The second-order valence-electron chi connectivity index (χ2n) is 4.57. The topological polar surface area (TPSA) is 51.2 Å². The number of aryl methyl sites for hydroxylation is 2. The number of hydrogen-bond acceptors (Lipinski definition) is 3. The molecule has 0 bridgehead atoms. The first-order valence-electron chi connectivity index (χ1n) is 6.32. The third-order valence-electron chi connectivity index (χ3n) is 3.20. The van der Waals surface area contributed by atoms with Crippen molar-refractivity contribution in [2.24, 2.45) is 5.84 Å². The van der Waals surface area contributed by atoms with Crippen molar-refractivity contribution in [1.29, 1.82) is 0 Å². The molecule has 0 amide bonds. The van der Waals surface area contributed by atoms with Crippen molar-refractivity contribution < 1.29 is 4.42 Å². The highest BCUT2D eigenvalue weighted by Gasteiger charge is 2.16. The molecule has 0 saturated heterocycles. The summed E-state index contributed by atoms with van der Waals surface area (Å²) >= 11 is 0. The zero-order valence-electron chi connectivity index (χ0n) is 10.9. The molecule has 3 nitrogen and oxygen atoms in total. The van der Waals surface area contributed by atoms with Crippen LogP contribution < -0.4 is 11.3 Å². The summed E-state index contributed by atoms with van der Waals surface area (Å²) in [7, 11) is 0. The van der Waals surface area contributed by atoms with Crippen molar-refractivity contribution >= 4 is 0 Å². The maximum atomic E-state index is 5.68. The van der Waals surface area contributed by atoms with E-state index in [2.05, 4.69) is 43.5 Å². The van der Waals surface area contributed by atoms with Gasteiger partial charge in [-0.3, -0.25) is 11.3 Å². The minimum absolute atomic E-state index is 0.0977. The van der Waals surface area contributed by atoms with E-state index in [0.717, 1.165) is 24.2 Å². The van der Waals surface area contributed by atoms with E-state index in [1.54, 1.807) is 6.26 Å². The predicted molar refractivity (Wildman–Crippen MR) is 73.0 cm³/mol. The minimum Gasteiger partial charge on any atom is -0.469 e. The highest BCUT2D eigenvalue weighted by molar-refractivity contribution is 5.27. The fraction of sp³-hybridized carbons (Fsp3) is 0.333. The van der Waals surface area contributed by atoms with Gasteiger partial charge in [-0.15, -0.1) is 0 Å². The van der Waals surface area contributed by atoms with Crippen molar-refractivity contribution in [2.75, 3.05) is 0 Å². The number of benzene rings is 1. The summed E-state index contributed by atoms with van der Waals surface area (Å²) in [5.74, 6) is 6.69. The SMILES string of the molecule is CCc1occc1C(Cc1cccc(C)c1)NN. The summed E-state index contributed by atoms with van der Waals surface area (Å²) in [6.45, 7) is 4.19. The molecule has 18 heavy (non-hydrogen) atoms. The Balaban J connectivity index is 2.20. The van der Waals surface area contributed by atoms with Crippen molar-refractivity contribution in [3.8, 4) is 0 Å². The van der Waals surface area contributed by atoms with Gasteiger partial charge in [-0.2, -0.15) is 0 Å². The zero-order chi connectivity index (χ0) is 13.0. The molecule has 0 aliphatic heterocycles. The van der Waals surface area contributed by atoms with Gasteiger partial charge in [-0.05, 0) is 25.0 Å². The number of rotatable bonds is 5. The number of hydrogen-bond donors (Lipinski definition) is 2. The number of furan rings is 1. The Kier molecular flexibility index (Phi) is 4.18. The number of nitrogens with two attached hydrogens (primary N) is 1. The van der Waals surface area contributed by atoms with Crippen molar-refractivity contribution in [3.05, 3.63) is 59.0 Å². The van der Waals surface area contributed by atoms with Crippen LogP contribution in [0.3, 0.4) is 0 Å². The van der Waals surface area contributed by atoms with Crippen molar-refractivity contribution in [2.45, 2.75) is 32.7 Å². The van der Waals surface area contributed by atoms with Gasteiger partial charge >= 0.3 is 0 Å². The van der Waals surface area contributed by atoms with Gasteiger partial charge in [-0.1, -0.05) is 36.8 Å². The van der Waals surface area contributed by atoms with Crippen LogP contribution in [0.1, 0.15) is 35.4 Å². The van der Waals surface area contributed by atoms with E-state index >= 15 is 0 Å². The molecule has 0 saturated carbocycles. The normalized spacial score (nSPS) is 12.6. The molecule has 1 aromatic carbocycles. The van der Waals surface area contributed by atoms with Crippen LogP contribution in [-0.4, -0.2) is 0 Å². The van der Waals surface area contributed by atoms with Crippen LogP contribution in [0.2, 0.25) is 0 Å². The van der Waals surface area contributed by atoms with Crippen molar-refractivity contribution in [1.82, 2.24) is 5.43 Å². The van der Waals surface area contributed by atoms with E-state index in [4.69, 9.17) is 10.3 Å². The van der Waals surface area contributed by atoms with Crippen LogP contribution in [0.4, 0.5) is 0 Å². The summed E-state index contributed by atoms with van der Waals surface area (Å²) < 4.78 is 5.46. The lowest BCUT2D eigenvalue weighted by Gasteiger charge is -2.16. The van der Waals surface area contributed by atoms with E-state index in [-0.39, 0.29) is 6.04 Å². The average molecular weight is 244 g/mol. The molecule has 1 atom stereocenters. The predicted octanol–water partition coefficient (Wildman–Crippen LogP) is 2.90. The lowest BCUT2D eigenvalue weighted by molar-refractivity contribution is 0.487. The fourth-order valence-electron chi connectivity index (χ4n) is 2.28. The molecule has 1 aromatic heterocycles. The van der Waals surface area contributed by atoms with E-state index in [1.807, 2.05) is 6.07 Å². The maximum absolute atomic E-state index is 5.68. The molecule has 0 radical (unpaired) electrons. The first-order valence-corrected chi connectivity index (χ1v) is 6.32. The lowest BCUT2D eigenvalue weighted by Crippen LogP contribution is -2.29. The molecule has 3 N–H and O–H groups in total. The fourth-order valence-corrected chi connectivity index (χ4v) is 2.28. The quantitative estimate of drug-likeness (QED) is 0.628. The van der Waals surface area contributed by atoms with Gasteiger partial charge in [0.1, 0.15) is 5.76 Å². The minimum atomic E-state index is 0.0977. The van der Waals surface area contributed by atoms with Crippen LogP contribution in [0.25, 0.3) is 0 Å². The van der Waals surface area contributed by atoms with E-state index in [9.17, 15) is 0 Å². The highest BCUT2D eigenvalue weighted by atomic mass is 16.3. The third kappa shape index (κ3) is 2.81. The Morgan fingerprint density at radius 1 is 1.33 bits per heavy atom. The molecular formula is C15H20N2O. The summed E-state index contributed by atoms with van der Waals surface area (Å²) in [5.41, 5.74) is 6.59. The standard InChI is InChI=1S/C15H20N2O/c1-3-15-13(7-8-18-15)14(17-16)10-12-6-4-5-11(2)9-12/h4-9,14,17H,3,10,16H2,1-2H3. The molecule has 96 valence electrons. The first-order chi connectivity index (χ1) is 8.74. The molecule has 0 aliphatic carbocycles. The monoisotopic (exact) mass is 244 g/mol. The van der Waals surface area contributed by atoms with Crippen LogP contribution in [0.5, 0.6) is 0 Å². The smallest absolute Gasteiger partial charge is 0.108 e. The van der Waals surface area contributed by atoms with Crippen LogP contribution in [0, 0.1) is 6.92 Å². The maximum Gasteiger partial charge on any atom is 0.108 e. The van der Waals surface area contributed by atoms with Crippen LogP contribution in [0.15, 0.2) is 41.0 Å². The summed E-state index contributed by atoms with van der Waals surface area (Å²) in [6.07, 6.45) is 3.48. The average Bonchev–Trinajstić information content (AvgIpc) is 2.84. The second kappa shape index (κ2) is 5.85. The second-order valence-corrected chi connectivity index (χ2v) is 4.57. The van der Waals surface area contributed by atoms with Crippen LogP contribution in [-0.2, 0) is 12.8 Å². The van der Waals surface area contributed by atoms with Gasteiger partial charge in [-0.25, -0.2) is 0 Å². The summed E-state index contributed by atoms with van der Waals surface area (Å²) in [6, 6.07) is 10.6. The number of hydrazine groups is 1. The van der Waals surface area contributed by atoms with Crippen LogP contribution >= 0.6 is 0 Å². The summed E-state index contributed by atoms with van der Waals surface area (Å²) in [5, 5.41) is 0. The largest absolute Gasteiger partial charge is 0.469 e. The molecule has 0 spiro atoms. The summed E-state index contributed by atoms with van der Waals surface area (Å²) in [4.78, 5) is 0. The molecule has 0 aliphatic rings. The van der Waals surface area contributed by atoms with Gasteiger partial charge in [0.2, 0.25) is 0 Å². The Hall–Kier alpha value is -1.58. The van der Waals surface area contributed by atoms with E-state index in [0.29, 0.717) is 0 Å². The van der Waals surface area contributed by atoms with Gasteiger partial charge in [0.25, 0.3) is 0 Å². The Morgan fingerprint density at radius 2 is 2.17 bits per heavy atom. The molecular weight excluding hydrogens is 224 g/mol. The van der Waals surface area contributed by atoms with E-state index in [1.165, 1.54) is 11.1 Å². The Labute approximate surface area is 108 Å². The molecule has 2 aromatic rings. The van der Waals surface area contributed by atoms with Gasteiger partial charge in [0, 0.05) is 12.0 Å². The first kappa shape index (κ1) is 12.9. The Bertz CT molecular complexity index is 505. The van der Waals surface area contributed by atoms with Gasteiger partial charge in [0.15, 0.2) is 0 Å². The molecule has 1 unspecified atom stereocenters. The third-order valence-corrected chi connectivity index (χ3v) is 3.20. The van der Waals surface area contributed by atoms with Gasteiger partial charge in [0.05, 0.1) is 12.3 Å². The molecule has 1 heterocycles. The zero-order valence-corrected chi connectivity index (χ0v) is 10.9. The highest BCUT2D eigenvalue weighted by Crippen LogP contribution is 2.23. The number of nitrogens with one attached hydrogen (secondary N) is 1. The van der Waals surface area contributed by atoms with Crippen molar-refractivity contribution in [3.63, 3.8) is 0 Å². The molecule has 0 fully saturated rings. The molecule has 2 rings (SSSR count). The Morgan fingerprint density at radius 3 is 2.83 bits per heavy atom. The lowest BCUT2D eigenvalue weighted by atomic mass is 9.98. The van der Waals surface area contributed by atoms with E-state index < -0.39 is 0 Å². The van der Waals surface area contributed by atoms with Gasteiger partial charge < -0.3 is 4.42 Å². The molecule has 3 heteroatoms.